The molecule has 0 spiro atoms. The highest BCUT2D eigenvalue weighted by molar-refractivity contribution is 6.31. The number of hydrazone groups is 1. The molecular formula is C20H15ClN4O. The van der Waals surface area contributed by atoms with Gasteiger partial charge in [-0.3, -0.25) is 0 Å². The van der Waals surface area contributed by atoms with Crippen LogP contribution in [0.15, 0.2) is 76.4 Å². The molecule has 0 bridgehead atoms. The molecule has 128 valence electrons. The maximum atomic E-state index is 6.17. The number of nitrogens with one attached hydrogen (secondary N) is 1. The fourth-order valence-corrected chi connectivity index (χ4v) is 2.81. The van der Waals surface area contributed by atoms with E-state index >= 15 is 0 Å². The molecule has 6 heteroatoms. The molecule has 2 aromatic carbocycles. The molecule has 0 aliphatic rings. The Morgan fingerprint density at radius 2 is 1.88 bits per heavy atom. The summed E-state index contributed by atoms with van der Waals surface area (Å²) >= 11 is 6.17. The summed E-state index contributed by atoms with van der Waals surface area (Å²) in [6, 6.07) is 19.1. The van der Waals surface area contributed by atoms with Crippen LogP contribution in [0.5, 0.6) is 0 Å². The lowest BCUT2D eigenvalue weighted by atomic mass is 10.1. The van der Waals surface area contributed by atoms with Crippen LogP contribution in [0.3, 0.4) is 0 Å². The highest BCUT2D eigenvalue weighted by atomic mass is 35.5. The first-order chi connectivity index (χ1) is 12.7. The topological polar surface area (TPSA) is 63.3 Å². The molecule has 1 N–H and O–H groups in total. The number of nitrogens with zero attached hydrogens (tertiary/aromatic N) is 3. The fraction of sp³-hybridized carbons (Fsp3) is 0.0500. The number of hydrogen-bond acceptors (Lipinski definition) is 5. The average molecular weight is 363 g/mol. The summed E-state index contributed by atoms with van der Waals surface area (Å²) in [5, 5.41) is 5.85. The SMILES string of the molecule is C/C(=N\Nc1nc(-c2ccccc2)c2cc(Cl)ccc2n1)c1ccco1. The van der Waals surface area contributed by atoms with E-state index < -0.39 is 0 Å². The quantitative estimate of drug-likeness (QED) is 0.391. The van der Waals surface area contributed by atoms with Crippen LogP contribution in [0.1, 0.15) is 12.7 Å². The molecule has 4 aromatic rings. The van der Waals surface area contributed by atoms with Gasteiger partial charge < -0.3 is 4.42 Å². The van der Waals surface area contributed by atoms with Gasteiger partial charge in [-0.05, 0) is 37.3 Å². The van der Waals surface area contributed by atoms with Crippen molar-refractivity contribution in [1.82, 2.24) is 9.97 Å². The molecule has 0 aliphatic heterocycles. The Bertz CT molecular complexity index is 1080. The molecule has 0 atom stereocenters. The summed E-state index contributed by atoms with van der Waals surface area (Å²) in [4.78, 5) is 9.18. The zero-order chi connectivity index (χ0) is 17.9. The molecule has 2 heterocycles. The van der Waals surface area contributed by atoms with Crippen molar-refractivity contribution >= 4 is 34.2 Å². The van der Waals surface area contributed by atoms with Crippen molar-refractivity contribution in [3.05, 3.63) is 77.7 Å². The summed E-state index contributed by atoms with van der Waals surface area (Å²) in [5.41, 5.74) is 6.20. The van der Waals surface area contributed by atoms with Crippen LogP contribution in [0.2, 0.25) is 5.02 Å². The van der Waals surface area contributed by atoms with E-state index in [4.69, 9.17) is 16.0 Å². The van der Waals surface area contributed by atoms with Crippen LogP contribution in [0.4, 0.5) is 5.95 Å². The number of aromatic nitrogens is 2. The molecule has 4 rings (SSSR count). The molecule has 0 saturated carbocycles. The molecule has 2 aromatic heterocycles. The second-order valence-electron chi connectivity index (χ2n) is 5.71. The zero-order valence-electron chi connectivity index (χ0n) is 14.0. The molecule has 0 amide bonds. The van der Waals surface area contributed by atoms with Crippen molar-refractivity contribution in [2.75, 3.05) is 5.43 Å². The second kappa shape index (κ2) is 6.98. The second-order valence-corrected chi connectivity index (χ2v) is 6.15. The minimum Gasteiger partial charge on any atom is -0.463 e. The van der Waals surface area contributed by atoms with Gasteiger partial charge in [0, 0.05) is 16.0 Å². The van der Waals surface area contributed by atoms with E-state index in [9.17, 15) is 0 Å². The molecule has 5 nitrogen and oxygen atoms in total. The van der Waals surface area contributed by atoms with Gasteiger partial charge in [0.15, 0.2) is 0 Å². The van der Waals surface area contributed by atoms with E-state index in [0.29, 0.717) is 22.4 Å². The van der Waals surface area contributed by atoms with Crippen molar-refractivity contribution in [1.29, 1.82) is 0 Å². The lowest BCUT2D eigenvalue weighted by molar-refractivity contribution is 0.557. The highest BCUT2D eigenvalue weighted by Gasteiger charge is 2.10. The minimum absolute atomic E-state index is 0.407. The number of halogens is 1. The van der Waals surface area contributed by atoms with Gasteiger partial charge in [-0.1, -0.05) is 41.9 Å². The molecule has 0 unspecified atom stereocenters. The Hall–Kier alpha value is -3.18. The van der Waals surface area contributed by atoms with Crippen LogP contribution in [-0.2, 0) is 0 Å². The van der Waals surface area contributed by atoms with Crippen LogP contribution < -0.4 is 5.43 Å². The Labute approximate surface area is 155 Å². The normalized spacial score (nSPS) is 11.7. The summed E-state index contributed by atoms with van der Waals surface area (Å²) < 4.78 is 5.33. The maximum absolute atomic E-state index is 6.17. The van der Waals surface area contributed by atoms with E-state index in [1.54, 1.807) is 6.26 Å². The van der Waals surface area contributed by atoms with Gasteiger partial charge in [0.1, 0.15) is 11.5 Å². The molecule has 0 aliphatic carbocycles. The smallest absolute Gasteiger partial charge is 0.244 e. The summed E-state index contributed by atoms with van der Waals surface area (Å²) in [6.45, 7) is 1.85. The van der Waals surface area contributed by atoms with E-state index in [1.807, 2.05) is 67.6 Å². The fourth-order valence-electron chi connectivity index (χ4n) is 2.64. The number of benzene rings is 2. The first-order valence-electron chi connectivity index (χ1n) is 8.07. The third-order valence-corrected chi connectivity index (χ3v) is 4.14. The Kier molecular flexibility index (Phi) is 4.37. The molecule has 26 heavy (non-hydrogen) atoms. The van der Waals surface area contributed by atoms with Crippen LogP contribution in [0.25, 0.3) is 22.2 Å². The van der Waals surface area contributed by atoms with Crippen molar-refractivity contribution < 1.29 is 4.42 Å². The number of furan rings is 1. The Balaban J connectivity index is 1.79. The van der Waals surface area contributed by atoms with E-state index in [2.05, 4.69) is 20.5 Å². The van der Waals surface area contributed by atoms with E-state index in [1.165, 1.54) is 0 Å². The lowest BCUT2D eigenvalue weighted by Gasteiger charge is -2.09. The van der Waals surface area contributed by atoms with Crippen LogP contribution in [0, 0.1) is 0 Å². The maximum Gasteiger partial charge on any atom is 0.244 e. The van der Waals surface area contributed by atoms with Gasteiger partial charge in [0.2, 0.25) is 5.95 Å². The number of rotatable bonds is 4. The third kappa shape index (κ3) is 3.30. The standard InChI is InChI=1S/C20H15ClN4O/c1-13(18-8-5-11-26-18)24-25-20-22-17-10-9-15(21)12-16(17)19(23-20)14-6-3-2-4-7-14/h2-12H,1H3,(H,22,23,25)/b24-13+. The Morgan fingerprint density at radius 3 is 2.65 bits per heavy atom. The summed E-state index contributed by atoms with van der Waals surface area (Å²) in [7, 11) is 0. The first-order valence-corrected chi connectivity index (χ1v) is 8.45. The summed E-state index contributed by atoms with van der Waals surface area (Å²) in [5.74, 6) is 1.10. The van der Waals surface area contributed by atoms with Gasteiger partial charge in [-0.25, -0.2) is 15.4 Å². The van der Waals surface area contributed by atoms with Crippen LogP contribution >= 0.6 is 11.6 Å². The largest absolute Gasteiger partial charge is 0.463 e. The van der Waals surface area contributed by atoms with Crippen molar-refractivity contribution in [2.45, 2.75) is 6.92 Å². The highest BCUT2D eigenvalue weighted by Crippen LogP contribution is 2.29. The molecule has 0 saturated heterocycles. The van der Waals surface area contributed by atoms with Gasteiger partial charge in [-0.2, -0.15) is 5.10 Å². The molecule has 0 fully saturated rings. The van der Waals surface area contributed by atoms with Gasteiger partial charge in [0.05, 0.1) is 17.5 Å². The summed E-state index contributed by atoms with van der Waals surface area (Å²) in [6.07, 6.45) is 1.61. The predicted molar refractivity (Wildman–Crippen MR) is 105 cm³/mol. The Morgan fingerprint density at radius 1 is 1.04 bits per heavy atom. The van der Waals surface area contributed by atoms with E-state index in [0.717, 1.165) is 22.2 Å². The minimum atomic E-state index is 0.407. The number of anilines is 1. The van der Waals surface area contributed by atoms with Crippen LogP contribution in [-0.4, -0.2) is 15.7 Å². The van der Waals surface area contributed by atoms with Gasteiger partial charge in [0.25, 0.3) is 0 Å². The lowest BCUT2D eigenvalue weighted by Crippen LogP contribution is -2.03. The average Bonchev–Trinajstić information content (AvgIpc) is 3.21. The van der Waals surface area contributed by atoms with Gasteiger partial charge >= 0.3 is 0 Å². The molecular weight excluding hydrogens is 348 g/mol. The van der Waals surface area contributed by atoms with Gasteiger partial charge in [-0.15, -0.1) is 0 Å². The van der Waals surface area contributed by atoms with Crippen molar-refractivity contribution in [3.63, 3.8) is 0 Å². The van der Waals surface area contributed by atoms with Crippen molar-refractivity contribution in [3.8, 4) is 11.3 Å². The van der Waals surface area contributed by atoms with Crippen molar-refractivity contribution in [2.24, 2.45) is 5.10 Å². The third-order valence-electron chi connectivity index (χ3n) is 3.91. The first kappa shape index (κ1) is 16.3. The number of fused-ring (bicyclic) bond motifs is 1. The molecule has 0 radical (unpaired) electrons. The predicted octanol–water partition coefficient (Wildman–Crippen LogP) is 5.38. The number of hydrogen-bond donors (Lipinski definition) is 1. The zero-order valence-corrected chi connectivity index (χ0v) is 14.7. The monoisotopic (exact) mass is 362 g/mol. The van der Waals surface area contributed by atoms with E-state index in [-0.39, 0.29) is 0 Å².